The fraction of sp³-hybridized carbons (Fsp3) is 0.318. The Kier molecular flexibility index (Phi) is 5.67. The molecule has 0 aliphatic carbocycles. The lowest BCUT2D eigenvalue weighted by molar-refractivity contribution is -0.127. The van der Waals surface area contributed by atoms with Crippen LogP contribution < -0.4 is 0 Å². The molecule has 0 saturated carbocycles. The topological polar surface area (TPSA) is 23.6 Å². The summed E-state index contributed by atoms with van der Waals surface area (Å²) in [7, 11) is 0. The van der Waals surface area contributed by atoms with Gasteiger partial charge in [0.25, 0.3) is 0 Å². The van der Waals surface area contributed by atoms with Crippen LogP contribution in [0.1, 0.15) is 22.3 Å². The molecule has 1 aliphatic rings. The first-order valence-electron chi connectivity index (χ1n) is 8.92. The maximum Gasteiger partial charge on any atom is 0.246 e. The van der Waals surface area contributed by atoms with Crippen LogP contribution in [0, 0.1) is 13.8 Å². The van der Waals surface area contributed by atoms with Crippen LogP contribution in [0.25, 0.3) is 6.08 Å². The van der Waals surface area contributed by atoms with Crippen LogP contribution in [0.15, 0.2) is 54.6 Å². The van der Waals surface area contributed by atoms with Crippen molar-refractivity contribution in [3.05, 3.63) is 76.9 Å². The Balaban J connectivity index is 1.51. The molecular weight excluding hydrogens is 308 g/mol. The highest BCUT2D eigenvalue weighted by Gasteiger charge is 2.19. The monoisotopic (exact) mass is 334 g/mol. The van der Waals surface area contributed by atoms with Gasteiger partial charge in [0.05, 0.1) is 0 Å². The Labute approximate surface area is 150 Å². The Morgan fingerprint density at radius 3 is 2.48 bits per heavy atom. The Morgan fingerprint density at radius 1 is 1.00 bits per heavy atom. The number of carbonyl (C=O) groups excluding carboxylic acids is 1. The van der Waals surface area contributed by atoms with Crippen molar-refractivity contribution in [2.24, 2.45) is 0 Å². The van der Waals surface area contributed by atoms with E-state index in [9.17, 15) is 4.79 Å². The fourth-order valence-corrected chi connectivity index (χ4v) is 3.20. The van der Waals surface area contributed by atoms with Gasteiger partial charge in [-0.15, -0.1) is 0 Å². The maximum atomic E-state index is 12.4. The van der Waals surface area contributed by atoms with E-state index >= 15 is 0 Å². The Bertz CT molecular complexity index is 758. The van der Waals surface area contributed by atoms with Gasteiger partial charge in [-0.2, -0.15) is 0 Å². The van der Waals surface area contributed by atoms with Crippen LogP contribution in [-0.4, -0.2) is 41.9 Å². The summed E-state index contributed by atoms with van der Waals surface area (Å²) in [6.45, 7) is 8.63. The first kappa shape index (κ1) is 17.4. The zero-order valence-electron chi connectivity index (χ0n) is 15.1. The molecule has 3 rings (SSSR count). The zero-order valence-corrected chi connectivity index (χ0v) is 15.1. The molecular formula is C22H26N2O. The van der Waals surface area contributed by atoms with Gasteiger partial charge in [-0.05, 0) is 36.6 Å². The van der Waals surface area contributed by atoms with Crippen molar-refractivity contribution >= 4 is 12.0 Å². The largest absolute Gasteiger partial charge is 0.337 e. The SMILES string of the molecule is Cc1cccc(/C=C/C(=O)N2CCN(Cc3ccccc3C)CC2)c1. The standard InChI is InChI=1S/C22H26N2O/c1-18-6-5-8-20(16-18)10-11-22(25)24-14-12-23(13-15-24)17-21-9-4-3-7-19(21)2/h3-11,16H,12-15,17H2,1-2H3/b11-10+. The van der Waals surface area contributed by atoms with Gasteiger partial charge in [-0.3, -0.25) is 9.69 Å². The van der Waals surface area contributed by atoms with Gasteiger partial charge in [0.1, 0.15) is 0 Å². The highest BCUT2D eigenvalue weighted by molar-refractivity contribution is 5.91. The van der Waals surface area contributed by atoms with Crippen molar-refractivity contribution in [2.75, 3.05) is 26.2 Å². The summed E-state index contributed by atoms with van der Waals surface area (Å²) in [5, 5.41) is 0. The van der Waals surface area contributed by atoms with Crippen molar-refractivity contribution in [2.45, 2.75) is 20.4 Å². The number of piperazine rings is 1. The third-order valence-corrected chi connectivity index (χ3v) is 4.80. The predicted octanol–water partition coefficient (Wildman–Crippen LogP) is 3.66. The smallest absolute Gasteiger partial charge is 0.246 e. The minimum absolute atomic E-state index is 0.108. The number of amides is 1. The molecule has 1 amide bonds. The highest BCUT2D eigenvalue weighted by atomic mass is 16.2. The number of carbonyl (C=O) groups is 1. The van der Waals surface area contributed by atoms with Gasteiger partial charge in [-0.25, -0.2) is 0 Å². The quantitative estimate of drug-likeness (QED) is 0.797. The molecule has 25 heavy (non-hydrogen) atoms. The highest BCUT2D eigenvalue weighted by Crippen LogP contribution is 2.13. The Hall–Kier alpha value is -2.39. The number of rotatable bonds is 4. The lowest BCUT2D eigenvalue weighted by Crippen LogP contribution is -2.47. The molecule has 0 N–H and O–H groups in total. The summed E-state index contributed by atoms with van der Waals surface area (Å²) in [5.74, 6) is 0.108. The number of hydrogen-bond donors (Lipinski definition) is 0. The summed E-state index contributed by atoms with van der Waals surface area (Å²) in [4.78, 5) is 16.8. The van der Waals surface area contributed by atoms with Crippen molar-refractivity contribution in [3.63, 3.8) is 0 Å². The summed E-state index contributed by atoms with van der Waals surface area (Å²) in [6.07, 6.45) is 3.61. The summed E-state index contributed by atoms with van der Waals surface area (Å²) in [5.41, 5.74) is 5.00. The van der Waals surface area contributed by atoms with E-state index in [2.05, 4.69) is 55.1 Å². The second-order valence-corrected chi connectivity index (χ2v) is 6.78. The van der Waals surface area contributed by atoms with Gasteiger partial charge >= 0.3 is 0 Å². The predicted molar refractivity (Wildman–Crippen MR) is 103 cm³/mol. The van der Waals surface area contributed by atoms with Crippen LogP contribution in [0.2, 0.25) is 0 Å². The Morgan fingerprint density at radius 2 is 1.76 bits per heavy atom. The number of hydrogen-bond acceptors (Lipinski definition) is 2. The molecule has 0 bridgehead atoms. The first-order valence-corrected chi connectivity index (χ1v) is 8.92. The lowest BCUT2D eigenvalue weighted by Gasteiger charge is -2.34. The van der Waals surface area contributed by atoms with Crippen LogP contribution in [0.3, 0.4) is 0 Å². The van der Waals surface area contributed by atoms with Gasteiger partial charge in [-0.1, -0.05) is 54.1 Å². The third-order valence-electron chi connectivity index (χ3n) is 4.80. The van der Waals surface area contributed by atoms with E-state index in [4.69, 9.17) is 0 Å². The second kappa shape index (κ2) is 8.13. The van der Waals surface area contributed by atoms with Crippen molar-refractivity contribution < 1.29 is 4.79 Å². The van der Waals surface area contributed by atoms with Gasteiger partial charge in [0.2, 0.25) is 5.91 Å². The molecule has 1 aliphatic heterocycles. The van der Waals surface area contributed by atoms with E-state index < -0.39 is 0 Å². The summed E-state index contributed by atoms with van der Waals surface area (Å²) >= 11 is 0. The van der Waals surface area contributed by atoms with Gasteiger partial charge < -0.3 is 4.90 Å². The van der Waals surface area contributed by atoms with Crippen molar-refractivity contribution in [1.82, 2.24) is 9.80 Å². The summed E-state index contributed by atoms with van der Waals surface area (Å²) in [6, 6.07) is 16.7. The van der Waals surface area contributed by atoms with Crippen LogP contribution in [0.5, 0.6) is 0 Å². The zero-order chi connectivity index (χ0) is 17.6. The van der Waals surface area contributed by atoms with Crippen molar-refractivity contribution in [3.8, 4) is 0 Å². The van der Waals surface area contributed by atoms with Gasteiger partial charge in [0, 0.05) is 38.8 Å². The van der Waals surface area contributed by atoms with Crippen LogP contribution >= 0.6 is 0 Å². The van der Waals surface area contributed by atoms with Crippen LogP contribution in [-0.2, 0) is 11.3 Å². The summed E-state index contributed by atoms with van der Waals surface area (Å²) < 4.78 is 0. The van der Waals surface area contributed by atoms with Gasteiger partial charge in [0.15, 0.2) is 0 Å². The molecule has 130 valence electrons. The molecule has 1 heterocycles. The molecule has 1 saturated heterocycles. The first-order chi connectivity index (χ1) is 12.1. The molecule has 0 radical (unpaired) electrons. The van der Waals surface area contributed by atoms with E-state index in [1.165, 1.54) is 16.7 Å². The molecule has 2 aromatic carbocycles. The molecule has 3 nitrogen and oxygen atoms in total. The minimum atomic E-state index is 0.108. The normalized spacial score (nSPS) is 15.7. The van der Waals surface area contributed by atoms with E-state index in [0.29, 0.717) is 0 Å². The molecule has 0 atom stereocenters. The minimum Gasteiger partial charge on any atom is -0.337 e. The van der Waals surface area contributed by atoms with E-state index in [-0.39, 0.29) is 5.91 Å². The molecule has 0 spiro atoms. The maximum absolute atomic E-state index is 12.4. The molecule has 0 unspecified atom stereocenters. The number of benzene rings is 2. The lowest BCUT2D eigenvalue weighted by atomic mass is 10.1. The van der Waals surface area contributed by atoms with Crippen LogP contribution in [0.4, 0.5) is 0 Å². The molecule has 0 aromatic heterocycles. The van der Waals surface area contributed by atoms with Crippen molar-refractivity contribution in [1.29, 1.82) is 0 Å². The number of aryl methyl sites for hydroxylation is 2. The molecule has 1 fully saturated rings. The third kappa shape index (κ3) is 4.80. The average Bonchev–Trinajstić information content (AvgIpc) is 2.62. The van der Waals surface area contributed by atoms with E-state index in [1.807, 2.05) is 23.1 Å². The molecule has 2 aromatic rings. The average molecular weight is 334 g/mol. The van der Waals surface area contributed by atoms with E-state index in [0.717, 1.165) is 38.3 Å². The molecule has 3 heteroatoms. The fourth-order valence-electron chi connectivity index (χ4n) is 3.20. The van der Waals surface area contributed by atoms with E-state index in [1.54, 1.807) is 6.08 Å². The number of nitrogens with zero attached hydrogens (tertiary/aromatic N) is 2. The second-order valence-electron chi connectivity index (χ2n) is 6.78.